The van der Waals surface area contributed by atoms with Gasteiger partial charge in [-0.3, -0.25) is 4.79 Å². The van der Waals surface area contributed by atoms with Crippen LogP contribution in [0.25, 0.3) is 0 Å². The predicted molar refractivity (Wildman–Crippen MR) is 112 cm³/mol. The third-order valence-electron chi connectivity index (χ3n) is 3.73. The molecule has 0 heterocycles. The van der Waals surface area contributed by atoms with Crippen LogP contribution in [0.1, 0.15) is 17.5 Å². The van der Waals surface area contributed by atoms with Gasteiger partial charge in [-0.25, -0.2) is 13.1 Å². The van der Waals surface area contributed by atoms with E-state index in [1.807, 2.05) is 0 Å². The topological polar surface area (TPSA) is 75.3 Å². The van der Waals surface area contributed by atoms with Crippen LogP contribution in [0.15, 0.2) is 53.4 Å². The van der Waals surface area contributed by atoms with Gasteiger partial charge in [0.25, 0.3) is 0 Å². The molecule has 0 saturated carbocycles. The van der Waals surface area contributed by atoms with Crippen LogP contribution >= 0.6 is 23.4 Å². The van der Waals surface area contributed by atoms with Crippen molar-refractivity contribution in [2.24, 2.45) is 0 Å². The molecule has 0 atom stereocenters. The maximum absolute atomic E-state index is 12.2. The van der Waals surface area contributed by atoms with Crippen LogP contribution in [0.3, 0.4) is 0 Å². The number of amides is 1. The molecule has 2 aromatic rings. The quantitative estimate of drug-likeness (QED) is 0.571. The van der Waals surface area contributed by atoms with Gasteiger partial charge in [0, 0.05) is 31.0 Å². The zero-order valence-corrected chi connectivity index (χ0v) is 17.5. The van der Waals surface area contributed by atoms with E-state index < -0.39 is 10.0 Å². The van der Waals surface area contributed by atoms with Gasteiger partial charge in [0.05, 0.1) is 5.02 Å². The number of halogens is 1. The van der Waals surface area contributed by atoms with Crippen LogP contribution in [0.5, 0.6) is 0 Å². The summed E-state index contributed by atoms with van der Waals surface area (Å²) in [7, 11) is -3.72. The number of benzene rings is 2. The fraction of sp³-hybridized carbons (Fsp3) is 0.316. The van der Waals surface area contributed by atoms with E-state index in [0.29, 0.717) is 6.54 Å². The van der Waals surface area contributed by atoms with E-state index in [2.05, 4.69) is 41.2 Å². The van der Waals surface area contributed by atoms with Crippen molar-refractivity contribution in [3.63, 3.8) is 0 Å². The maximum Gasteiger partial charge on any atom is 0.242 e. The van der Waals surface area contributed by atoms with Crippen LogP contribution in [-0.4, -0.2) is 33.2 Å². The minimum atomic E-state index is -3.72. The van der Waals surface area contributed by atoms with Gasteiger partial charge in [-0.1, -0.05) is 53.6 Å². The SMILES string of the molecule is Cc1ccc(CSCCNC(=O)CCNS(=O)(=O)c2ccccc2Cl)cc1. The normalized spacial score (nSPS) is 11.3. The van der Waals surface area contributed by atoms with Crippen LogP contribution in [0.2, 0.25) is 5.02 Å². The second-order valence-corrected chi connectivity index (χ2v) is 9.21. The fourth-order valence-corrected chi connectivity index (χ4v) is 4.63. The Hall–Kier alpha value is -1.54. The van der Waals surface area contributed by atoms with Crippen LogP contribution in [0.4, 0.5) is 0 Å². The molecule has 0 aliphatic rings. The second-order valence-electron chi connectivity index (χ2n) is 5.97. The minimum Gasteiger partial charge on any atom is -0.355 e. The summed E-state index contributed by atoms with van der Waals surface area (Å²) < 4.78 is 26.7. The molecule has 0 fully saturated rings. The number of carbonyl (C=O) groups excluding carboxylic acids is 1. The smallest absolute Gasteiger partial charge is 0.242 e. The number of hydrogen-bond acceptors (Lipinski definition) is 4. The van der Waals surface area contributed by atoms with Crippen molar-refractivity contribution in [2.75, 3.05) is 18.8 Å². The highest BCUT2D eigenvalue weighted by atomic mass is 35.5. The third kappa shape index (κ3) is 7.54. The Bertz CT molecular complexity index is 856. The molecule has 0 aliphatic carbocycles. The Labute approximate surface area is 169 Å². The van der Waals surface area contributed by atoms with Crippen LogP contribution in [-0.2, 0) is 20.6 Å². The highest BCUT2D eigenvalue weighted by Crippen LogP contribution is 2.19. The van der Waals surface area contributed by atoms with Gasteiger partial charge in [-0.15, -0.1) is 0 Å². The molecule has 5 nitrogen and oxygen atoms in total. The number of rotatable bonds is 10. The van der Waals surface area contributed by atoms with E-state index in [1.54, 1.807) is 23.9 Å². The zero-order chi connectivity index (χ0) is 19.7. The lowest BCUT2D eigenvalue weighted by Gasteiger charge is -2.09. The summed E-state index contributed by atoms with van der Waals surface area (Å²) in [5.74, 6) is 1.51. The van der Waals surface area contributed by atoms with Crippen molar-refractivity contribution < 1.29 is 13.2 Å². The van der Waals surface area contributed by atoms with Crippen LogP contribution in [0, 0.1) is 6.92 Å². The first kappa shape index (κ1) is 21.8. The molecule has 8 heteroatoms. The maximum atomic E-state index is 12.2. The first-order chi connectivity index (χ1) is 12.9. The first-order valence-electron chi connectivity index (χ1n) is 8.52. The molecule has 0 saturated heterocycles. The number of carbonyl (C=O) groups is 1. The van der Waals surface area contributed by atoms with Gasteiger partial charge >= 0.3 is 0 Å². The van der Waals surface area contributed by atoms with E-state index in [-0.39, 0.29) is 28.8 Å². The summed E-state index contributed by atoms with van der Waals surface area (Å²) in [5.41, 5.74) is 2.49. The standard InChI is InChI=1S/C19H23ClN2O3S2/c1-15-6-8-16(9-7-15)14-26-13-12-21-19(23)10-11-22-27(24,25)18-5-3-2-4-17(18)20/h2-9,22H,10-14H2,1H3,(H,21,23). The average Bonchev–Trinajstić information content (AvgIpc) is 2.63. The van der Waals surface area contributed by atoms with Gasteiger partial charge in [-0.05, 0) is 24.6 Å². The van der Waals surface area contributed by atoms with E-state index >= 15 is 0 Å². The summed E-state index contributed by atoms with van der Waals surface area (Å²) in [5, 5.41) is 2.95. The summed E-state index contributed by atoms with van der Waals surface area (Å²) in [4.78, 5) is 11.8. The van der Waals surface area contributed by atoms with Crippen molar-refractivity contribution in [1.29, 1.82) is 0 Å². The molecule has 0 spiro atoms. The van der Waals surface area contributed by atoms with Crippen molar-refractivity contribution in [2.45, 2.75) is 24.0 Å². The van der Waals surface area contributed by atoms with Gasteiger partial charge in [0.15, 0.2) is 0 Å². The highest BCUT2D eigenvalue weighted by molar-refractivity contribution is 7.98. The molecular weight excluding hydrogens is 404 g/mol. The fourth-order valence-electron chi connectivity index (χ4n) is 2.26. The van der Waals surface area contributed by atoms with Crippen molar-refractivity contribution in [3.8, 4) is 0 Å². The monoisotopic (exact) mass is 426 g/mol. The van der Waals surface area contributed by atoms with Crippen molar-refractivity contribution in [1.82, 2.24) is 10.0 Å². The average molecular weight is 427 g/mol. The first-order valence-corrected chi connectivity index (χ1v) is 11.5. The molecular formula is C19H23ClN2O3S2. The molecule has 0 aromatic heterocycles. The zero-order valence-electron chi connectivity index (χ0n) is 15.1. The van der Waals surface area contributed by atoms with E-state index in [4.69, 9.17) is 11.6 Å². The summed E-state index contributed by atoms with van der Waals surface area (Å²) in [6.45, 7) is 2.63. The largest absolute Gasteiger partial charge is 0.355 e. The molecule has 0 radical (unpaired) electrons. The lowest BCUT2D eigenvalue weighted by atomic mass is 10.2. The van der Waals surface area contributed by atoms with E-state index in [1.165, 1.54) is 23.3 Å². The Morgan fingerprint density at radius 2 is 1.78 bits per heavy atom. The van der Waals surface area contributed by atoms with E-state index in [9.17, 15) is 13.2 Å². The Morgan fingerprint density at radius 3 is 2.48 bits per heavy atom. The second kappa shape index (κ2) is 10.7. The molecule has 0 aliphatic heterocycles. The molecule has 0 unspecified atom stereocenters. The number of thioether (sulfide) groups is 1. The number of aryl methyl sites for hydroxylation is 1. The molecule has 146 valence electrons. The molecule has 1 amide bonds. The number of nitrogens with one attached hydrogen (secondary N) is 2. The van der Waals surface area contributed by atoms with Crippen LogP contribution < -0.4 is 10.0 Å². The van der Waals surface area contributed by atoms with Crippen molar-refractivity contribution in [3.05, 3.63) is 64.7 Å². The molecule has 27 heavy (non-hydrogen) atoms. The molecule has 0 bridgehead atoms. The molecule has 2 rings (SSSR count). The van der Waals surface area contributed by atoms with Gasteiger partial charge < -0.3 is 5.32 Å². The summed E-state index contributed by atoms with van der Waals surface area (Å²) in [6.07, 6.45) is 0.0757. The summed E-state index contributed by atoms with van der Waals surface area (Å²) >= 11 is 7.64. The van der Waals surface area contributed by atoms with Gasteiger partial charge in [-0.2, -0.15) is 11.8 Å². The third-order valence-corrected chi connectivity index (χ3v) is 6.72. The lowest BCUT2D eigenvalue weighted by Crippen LogP contribution is -2.31. The Kier molecular flexibility index (Phi) is 8.63. The Balaban J connectivity index is 1.62. The lowest BCUT2D eigenvalue weighted by molar-refractivity contribution is -0.120. The number of hydrogen-bond donors (Lipinski definition) is 2. The molecule has 2 aromatic carbocycles. The minimum absolute atomic E-state index is 0.0135. The van der Waals surface area contributed by atoms with E-state index in [0.717, 1.165) is 11.5 Å². The Morgan fingerprint density at radius 1 is 1.07 bits per heavy atom. The van der Waals surface area contributed by atoms with Gasteiger partial charge in [0.1, 0.15) is 4.90 Å². The highest BCUT2D eigenvalue weighted by Gasteiger charge is 2.17. The summed E-state index contributed by atoms with van der Waals surface area (Å²) in [6, 6.07) is 14.6. The van der Waals surface area contributed by atoms with Gasteiger partial charge in [0.2, 0.25) is 15.9 Å². The molecule has 2 N–H and O–H groups in total. The van der Waals surface area contributed by atoms with Crippen molar-refractivity contribution >= 4 is 39.3 Å². The number of sulfonamides is 1. The predicted octanol–water partition coefficient (Wildman–Crippen LogP) is 3.37.